The molecule has 3 amide bonds. The Morgan fingerprint density at radius 1 is 0.853 bits per heavy atom. The minimum absolute atomic E-state index is 0.108. The normalized spacial score (nSPS) is 14.3. The van der Waals surface area contributed by atoms with E-state index in [1.54, 1.807) is 41.3 Å². The maximum atomic E-state index is 13.5. The van der Waals surface area contributed by atoms with Crippen molar-refractivity contribution in [3.63, 3.8) is 0 Å². The molecule has 4 rings (SSSR count). The number of amides is 3. The highest BCUT2D eigenvalue weighted by molar-refractivity contribution is 5.84. The molecule has 0 aliphatic carbocycles. The molecule has 34 heavy (non-hydrogen) atoms. The van der Waals surface area contributed by atoms with Crippen molar-refractivity contribution in [2.24, 2.45) is 0 Å². The van der Waals surface area contributed by atoms with Gasteiger partial charge in [0.2, 0.25) is 5.91 Å². The molecular formula is C25H26F2N4O3. The molecule has 9 heteroatoms. The van der Waals surface area contributed by atoms with E-state index in [0.29, 0.717) is 31.9 Å². The zero-order chi connectivity index (χ0) is 23.9. The zero-order valence-corrected chi connectivity index (χ0v) is 18.5. The first-order chi connectivity index (χ1) is 16.5. The second-order valence-electron chi connectivity index (χ2n) is 8.04. The van der Waals surface area contributed by atoms with Crippen molar-refractivity contribution in [2.45, 2.75) is 12.6 Å². The van der Waals surface area contributed by atoms with Gasteiger partial charge in [-0.05, 0) is 47.5 Å². The second kappa shape index (κ2) is 10.9. The van der Waals surface area contributed by atoms with Gasteiger partial charge in [-0.1, -0.05) is 24.3 Å². The van der Waals surface area contributed by atoms with Gasteiger partial charge >= 0.3 is 6.03 Å². The Labute approximate surface area is 196 Å². The molecule has 0 spiro atoms. The summed E-state index contributed by atoms with van der Waals surface area (Å²) in [4.78, 5) is 28.4. The van der Waals surface area contributed by atoms with Crippen molar-refractivity contribution in [3.05, 3.63) is 95.4 Å². The molecule has 2 heterocycles. The van der Waals surface area contributed by atoms with Crippen molar-refractivity contribution in [1.29, 1.82) is 0 Å². The molecular weight excluding hydrogens is 442 g/mol. The van der Waals surface area contributed by atoms with Gasteiger partial charge in [-0.25, -0.2) is 13.6 Å². The fourth-order valence-corrected chi connectivity index (χ4v) is 4.04. The number of nitrogens with zero attached hydrogens (tertiary/aromatic N) is 2. The van der Waals surface area contributed by atoms with Crippen LogP contribution < -0.4 is 10.6 Å². The van der Waals surface area contributed by atoms with E-state index in [1.807, 2.05) is 0 Å². The van der Waals surface area contributed by atoms with E-state index >= 15 is 0 Å². The number of urea groups is 1. The topological polar surface area (TPSA) is 77.8 Å². The number of rotatable bonds is 7. The van der Waals surface area contributed by atoms with E-state index in [9.17, 15) is 18.4 Å². The highest BCUT2D eigenvalue weighted by Gasteiger charge is 2.28. The van der Waals surface area contributed by atoms with Crippen LogP contribution in [0.1, 0.15) is 22.9 Å². The third-order valence-electron chi connectivity index (χ3n) is 5.81. The zero-order valence-electron chi connectivity index (χ0n) is 18.5. The molecule has 1 fully saturated rings. The van der Waals surface area contributed by atoms with Gasteiger partial charge in [-0.3, -0.25) is 9.69 Å². The molecule has 1 aromatic heterocycles. The quantitative estimate of drug-likeness (QED) is 0.558. The molecule has 3 aromatic rings. The van der Waals surface area contributed by atoms with E-state index < -0.39 is 6.03 Å². The Balaban J connectivity index is 1.32. The number of carbonyl (C=O) groups is 2. The lowest BCUT2D eigenvalue weighted by molar-refractivity contribution is -0.132. The third-order valence-corrected chi connectivity index (χ3v) is 5.81. The van der Waals surface area contributed by atoms with Crippen LogP contribution >= 0.6 is 0 Å². The summed E-state index contributed by atoms with van der Waals surface area (Å²) in [6.45, 7) is 2.25. The maximum absolute atomic E-state index is 13.5. The van der Waals surface area contributed by atoms with Crippen LogP contribution in [0.3, 0.4) is 0 Å². The first kappa shape index (κ1) is 23.4. The smallest absolute Gasteiger partial charge is 0.315 e. The molecule has 0 unspecified atom stereocenters. The molecule has 0 atom stereocenters. The summed E-state index contributed by atoms with van der Waals surface area (Å²) < 4.78 is 32.1. The number of piperazine rings is 1. The molecule has 2 aromatic carbocycles. The Kier molecular flexibility index (Phi) is 7.54. The largest absolute Gasteiger partial charge is 0.467 e. The predicted molar refractivity (Wildman–Crippen MR) is 122 cm³/mol. The van der Waals surface area contributed by atoms with Crippen LogP contribution in [0, 0.1) is 11.6 Å². The van der Waals surface area contributed by atoms with E-state index in [4.69, 9.17) is 4.42 Å². The lowest BCUT2D eigenvalue weighted by Crippen LogP contribution is -2.52. The summed E-state index contributed by atoms with van der Waals surface area (Å²) in [5, 5.41) is 5.20. The number of nitrogens with one attached hydrogen (secondary N) is 2. The van der Waals surface area contributed by atoms with Crippen molar-refractivity contribution >= 4 is 11.9 Å². The summed E-state index contributed by atoms with van der Waals surface area (Å²) >= 11 is 0. The lowest BCUT2D eigenvalue weighted by atomic mass is 9.96. The summed E-state index contributed by atoms with van der Waals surface area (Å²) in [6, 6.07) is 15.4. The lowest BCUT2D eigenvalue weighted by Gasteiger charge is -2.39. The van der Waals surface area contributed by atoms with Crippen LogP contribution in [0.4, 0.5) is 13.6 Å². The number of furan rings is 1. The highest BCUT2D eigenvalue weighted by atomic mass is 19.1. The molecule has 178 valence electrons. The predicted octanol–water partition coefficient (Wildman–Crippen LogP) is 3.29. The van der Waals surface area contributed by atoms with E-state index in [0.717, 1.165) is 11.1 Å². The van der Waals surface area contributed by atoms with Gasteiger partial charge in [0, 0.05) is 26.2 Å². The first-order valence-corrected chi connectivity index (χ1v) is 11.1. The Hall–Kier alpha value is -3.72. The summed E-state index contributed by atoms with van der Waals surface area (Å²) in [7, 11) is 0. The van der Waals surface area contributed by atoms with Gasteiger partial charge in [-0.15, -0.1) is 0 Å². The Morgan fingerprint density at radius 3 is 1.97 bits per heavy atom. The fraction of sp³-hybridized carbons (Fsp3) is 0.280. The number of carbonyl (C=O) groups excluding carboxylic acids is 2. The van der Waals surface area contributed by atoms with Crippen LogP contribution in [0.5, 0.6) is 0 Å². The second-order valence-corrected chi connectivity index (χ2v) is 8.04. The highest BCUT2D eigenvalue weighted by Crippen LogP contribution is 2.30. The fourth-order valence-electron chi connectivity index (χ4n) is 4.04. The SMILES string of the molecule is O=C(NCC(=O)N1CCN(C(c2ccc(F)cc2)c2ccc(F)cc2)CC1)NCc1ccco1. The molecule has 0 radical (unpaired) electrons. The maximum Gasteiger partial charge on any atom is 0.315 e. The number of hydrogen-bond acceptors (Lipinski definition) is 4. The van der Waals surface area contributed by atoms with Gasteiger partial charge < -0.3 is 20.0 Å². The monoisotopic (exact) mass is 468 g/mol. The summed E-state index contributed by atoms with van der Waals surface area (Å²) in [5.74, 6) is -0.196. The van der Waals surface area contributed by atoms with Crippen LogP contribution in [0.25, 0.3) is 0 Å². The number of benzene rings is 2. The van der Waals surface area contributed by atoms with E-state index in [1.165, 1.54) is 30.5 Å². The van der Waals surface area contributed by atoms with Crippen molar-refractivity contribution in [3.8, 4) is 0 Å². The van der Waals surface area contributed by atoms with Gasteiger partial charge in [0.15, 0.2) is 0 Å². The van der Waals surface area contributed by atoms with E-state index in [2.05, 4.69) is 15.5 Å². The average molecular weight is 469 g/mol. The molecule has 1 aliphatic rings. The van der Waals surface area contributed by atoms with E-state index in [-0.39, 0.29) is 36.7 Å². The van der Waals surface area contributed by atoms with Gasteiger partial charge in [-0.2, -0.15) is 0 Å². The average Bonchev–Trinajstić information content (AvgIpc) is 3.38. The minimum Gasteiger partial charge on any atom is -0.467 e. The molecule has 1 aliphatic heterocycles. The summed E-state index contributed by atoms with van der Waals surface area (Å²) in [6.07, 6.45) is 1.52. The van der Waals surface area contributed by atoms with Crippen LogP contribution in [0.15, 0.2) is 71.3 Å². The third kappa shape index (κ3) is 5.99. The van der Waals surface area contributed by atoms with Gasteiger partial charge in [0.1, 0.15) is 17.4 Å². The molecule has 2 N–H and O–H groups in total. The summed E-state index contributed by atoms with van der Waals surface area (Å²) in [5.41, 5.74) is 1.78. The van der Waals surface area contributed by atoms with Gasteiger partial charge in [0.05, 0.1) is 25.4 Å². The van der Waals surface area contributed by atoms with Crippen molar-refractivity contribution in [1.82, 2.24) is 20.4 Å². The Bertz CT molecular complexity index is 1030. The first-order valence-electron chi connectivity index (χ1n) is 11.1. The minimum atomic E-state index is -0.448. The number of hydrogen-bond donors (Lipinski definition) is 2. The Morgan fingerprint density at radius 2 is 1.44 bits per heavy atom. The van der Waals surface area contributed by atoms with Crippen LogP contribution in [-0.4, -0.2) is 54.5 Å². The van der Waals surface area contributed by atoms with Crippen molar-refractivity contribution in [2.75, 3.05) is 32.7 Å². The van der Waals surface area contributed by atoms with Crippen LogP contribution in [-0.2, 0) is 11.3 Å². The number of halogens is 2. The van der Waals surface area contributed by atoms with Gasteiger partial charge in [0.25, 0.3) is 0 Å². The standard InChI is InChI=1S/C25H26F2N4O3/c26-20-7-3-18(4-8-20)24(19-5-9-21(27)10-6-19)31-13-11-30(12-14-31)23(32)17-29-25(33)28-16-22-2-1-15-34-22/h1-10,15,24H,11-14,16-17H2,(H2,28,29,33). The molecule has 0 bridgehead atoms. The molecule has 0 saturated carbocycles. The molecule has 1 saturated heterocycles. The van der Waals surface area contributed by atoms with Crippen molar-refractivity contribution < 1.29 is 22.8 Å². The molecule has 7 nitrogen and oxygen atoms in total. The van der Waals surface area contributed by atoms with Crippen LogP contribution in [0.2, 0.25) is 0 Å².